The predicted molar refractivity (Wildman–Crippen MR) is 93.8 cm³/mol. The minimum absolute atomic E-state index is 0.142. The van der Waals surface area contributed by atoms with Crippen LogP contribution in [0.25, 0.3) is 11.0 Å². The normalized spacial score (nSPS) is 12.0. The summed E-state index contributed by atoms with van der Waals surface area (Å²) in [6.07, 6.45) is -1.17. The van der Waals surface area contributed by atoms with Crippen LogP contribution < -0.4 is 11.0 Å². The van der Waals surface area contributed by atoms with E-state index in [0.29, 0.717) is 16.7 Å². The van der Waals surface area contributed by atoms with E-state index in [1.807, 2.05) is 0 Å². The molecule has 1 amide bonds. The van der Waals surface area contributed by atoms with Crippen LogP contribution in [0, 0.1) is 5.82 Å². The summed E-state index contributed by atoms with van der Waals surface area (Å²) in [5, 5.41) is 2.70. The largest absolute Gasteiger partial charge is 0.449 e. The highest BCUT2D eigenvalue weighted by Gasteiger charge is 2.21. The van der Waals surface area contributed by atoms with E-state index in [1.54, 1.807) is 18.2 Å². The topological polar surface area (TPSA) is 104 Å². The number of H-pyrrole nitrogens is 2. The Hall–Kier alpha value is -3.13. The maximum absolute atomic E-state index is 13.7. The van der Waals surface area contributed by atoms with Gasteiger partial charge in [0.25, 0.3) is 5.91 Å². The van der Waals surface area contributed by atoms with Crippen LogP contribution in [-0.2, 0) is 9.53 Å². The van der Waals surface area contributed by atoms with Gasteiger partial charge in [0.2, 0.25) is 0 Å². The average Bonchev–Trinajstić information content (AvgIpc) is 2.93. The van der Waals surface area contributed by atoms with Crippen molar-refractivity contribution in [3.8, 4) is 0 Å². The Morgan fingerprint density at radius 1 is 1.15 bits per heavy atom. The standard InChI is InChI=1S/C17H13ClFN3O4/c1-8(26-16(24)11-4-2-9(18)6-12(11)19)15(23)20-10-3-5-13-14(7-10)22-17(25)21-13/h2-8H,1H3,(H,20,23)(H2,21,22,25)/t8-/m0/s1. The molecule has 2 aromatic carbocycles. The van der Waals surface area contributed by atoms with E-state index >= 15 is 0 Å². The quantitative estimate of drug-likeness (QED) is 0.608. The predicted octanol–water partition coefficient (Wildman–Crippen LogP) is 2.83. The van der Waals surface area contributed by atoms with Crippen LogP contribution in [0.1, 0.15) is 17.3 Å². The molecule has 0 bridgehead atoms. The van der Waals surface area contributed by atoms with E-state index in [1.165, 1.54) is 19.1 Å². The fraction of sp³-hybridized carbons (Fsp3) is 0.118. The Labute approximate surface area is 151 Å². The number of benzene rings is 2. The van der Waals surface area contributed by atoms with Crippen LogP contribution in [0.3, 0.4) is 0 Å². The Kier molecular flexibility index (Phi) is 4.77. The highest BCUT2D eigenvalue weighted by molar-refractivity contribution is 6.30. The van der Waals surface area contributed by atoms with Gasteiger partial charge in [0.05, 0.1) is 16.6 Å². The number of imidazole rings is 1. The summed E-state index contributed by atoms with van der Waals surface area (Å²) >= 11 is 5.63. The van der Waals surface area contributed by atoms with E-state index in [2.05, 4.69) is 15.3 Å². The first-order valence-electron chi connectivity index (χ1n) is 7.52. The van der Waals surface area contributed by atoms with Gasteiger partial charge in [-0.05, 0) is 43.3 Å². The first-order valence-corrected chi connectivity index (χ1v) is 7.90. The zero-order valence-corrected chi connectivity index (χ0v) is 14.2. The van der Waals surface area contributed by atoms with Crippen molar-refractivity contribution in [2.75, 3.05) is 5.32 Å². The third kappa shape index (κ3) is 3.75. The molecular weight excluding hydrogens is 365 g/mol. The number of aromatic amines is 2. The van der Waals surface area contributed by atoms with Crippen molar-refractivity contribution in [2.24, 2.45) is 0 Å². The number of anilines is 1. The molecule has 3 aromatic rings. The lowest BCUT2D eigenvalue weighted by molar-refractivity contribution is -0.123. The first kappa shape index (κ1) is 17.7. The van der Waals surface area contributed by atoms with Gasteiger partial charge in [-0.1, -0.05) is 11.6 Å². The van der Waals surface area contributed by atoms with Crippen LogP contribution in [0.15, 0.2) is 41.2 Å². The second-order valence-corrected chi connectivity index (χ2v) is 5.94. The number of esters is 1. The number of halogens is 2. The van der Waals surface area contributed by atoms with Crippen LogP contribution >= 0.6 is 11.6 Å². The number of fused-ring (bicyclic) bond motifs is 1. The van der Waals surface area contributed by atoms with Crippen molar-refractivity contribution >= 4 is 40.2 Å². The Bertz CT molecular complexity index is 1060. The van der Waals surface area contributed by atoms with Gasteiger partial charge in [0, 0.05) is 10.7 Å². The lowest BCUT2D eigenvalue weighted by atomic mass is 10.2. The number of carbonyl (C=O) groups excluding carboxylic acids is 2. The van der Waals surface area contributed by atoms with Gasteiger partial charge in [-0.15, -0.1) is 0 Å². The summed E-state index contributed by atoms with van der Waals surface area (Å²) in [5.74, 6) is -2.42. The molecule has 0 unspecified atom stereocenters. The van der Waals surface area contributed by atoms with Crippen LogP contribution in [0.4, 0.5) is 10.1 Å². The molecular formula is C17H13ClFN3O4. The molecule has 26 heavy (non-hydrogen) atoms. The Morgan fingerprint density at radius 3 is 2.62 bits per heavy atom. The number of aromatic nitrogens is 2. The third-order valence-corrected chi connectivity index (χ3v) is 3.82. The Morgan fingerprint density at radius 2 is 1.88 bits per heavy atom. The molecule has 0 saturated heterocycles. The van der Waals surface area contributed by atoms with Gasteiger partial charge in [-0.3, -0.25) is 4.79 Å². The monoisotopic (exact) mass is 377 g/mol. The number of hydrogen-bond acceptors (Lipinski definition) is 4. The summed E-state index contributed by atoms with van der Waals surface area (Å²) in [4.78, 5) is 40.6. The summed E-state index contributed by atoms with van der Waals surface area (Å²) in [7, 11) is 0. The van der Waals surface area contributed by atoms with Gasteiger partial charge in [0.15, 0.2) is 6.10 Å². The molecule has 0 aliphatic heterocycles. The molecule has 134 valence electrons. The number of nitrogens with one attached hydrogen (secondary N) is 3. The van der Waals surface area contributed by atoms with Crippen molar-refractivity contribution in [1.82, 2.24) is 9.97 Å². The zero-order valence-electron chi connectivity index (χ0n) is 13.4. The molecule has 0 radical (unpaired) electrons. The van der Waals surface area contributed by atoms with Crippen molar-refractivity contribution in [2.45, 2.75) is 13.0 Å². The van der Waals surface area contributed by atoms with E-state index in [4.69, 9.17) is 16.3 Å². The molecule has 1 aromatic heterocycles. The van der Waals surface area contributed by atoms with E-state index in [0.717, 1.165) is 6.07 Å². The van der Waals surface area contributed by atoms with Crippen LogP contribution in [-0.4, -0.2) is 27.9 Å². The number of amides is 1. The molecule has 9 heteroatoms. The zero-order chi connectivity index (χ0) is 18.8. The first-order chi connectivity index (χ1) is 12.3. The molecule has 3 rings (SSSR count). The van der Waals surface area contributed by atoms with Crippen molar-refractivity contribution < 1.29 is 18.7 Å². The lowest BCUT2D eigenvalue weighted by Gasteiger charge is -2.14. The number of rotatable bonds is 4. The number of carbonyl (C=O) groups is 2. The van der Waals surface area contributed by atoms with Gasteiger partial charge in [-0.2, -0.15) is 0 Å². The average molecular weight is 378 g/mol. The Balaban J connectivity index is 1.68. The van der Waals surface area contributed by atoms with Gasteiger partial charge >= 0.3 is 11.7 Å². The van der Waals surface area contributed by atoms with Crippen LogP contribution in [0.2, 0.25) is 5.02 Å². The van der Waals surface area contributed by atoms with Crippen molar-refractivity contribution in [3.63, 3.8) is 0 Å². The molecule has 0 aliphatic carbocycles. The highest BCUT2D eigenvalue weighted by Crippen LogP contribution is 2.17. The molecule has 1 atom stereocenters. The van der Waals surface area contributed by atoms with Crippen LogP contribution in [0.5, 0.6) is 0 Å². The van der Waals surface area contributed by atoms with E-state index < -0.39 is 23.8 Å². The number of hydrogen-bond donors (Lipinski definition) is 3. The molecule has 0 saturated carbocycles. The number of ether oxygens (including phenoxy) is 1. The molecule has 1 heterocycles. The van der Waals surface area contributed by atoms with E-state index in [-0.39, 0.29) is 16.3 Å². The lowest BCUT2D eigenvalue weighted by Crippen LogP contribution is -2.30. The maximum atomic E-state index is 13.7. The van der Waals surface area contributed by atoms with Gasteiger partial charge in [-0.25, -0.2) is 14.0 Å². The molecule has 3 N–H and O–H groups in total. The fourth-order valence-electron chi connectivity index (χ4n) is 2.29. The summed E-state index contributed by atoms with van der Waals surface area (Å²) in [6, 6.07) is 8.26. The van der Waals surface area contributed by atoms with Gasteiger partial charge < -0.3 is 20.0 Å². The molecule has 0 fully saturated rings. The fourth-order valence-corrected chi connectivity index (χ4v) is 2.45. The SMILES string of the molecule is C[C@H](OC(=O)c1ccc(Cl)cc1F)C(=O)Nc1ccc2[nH]c(=O)[nH]c2c1. The summed E-state index contributed by atoms with van der Waals surface area (Å²) in [5.41, 5.74) is 0.820. The van der Waals surface area contributed by atoms with Gasteiger partial charge in [0.1, 0.15) is 5.82 Å². The van der Waals surface area contributed by atoms with Crippen molar-refractivity contribution in [3.05, 3.63) is 63.3 Å². The molecule has 0 spiro atoms. The van der Waals surface area contributed by atoms with Crippen molar-refractivity contribution in [1.29, 1.82) is 0 Å². The smallest absolute Gasteiger partial charge is 0.341 e. The maximum Gasteiger partial charge on any atom is 0.341 e. The summed E-state index contributed by atoms with van der Waals surface area (Å²) < 4.78 is 18.7. The summed E-state index contributed by atoms with van der Waals surface area (Å²) in [6.45, 7) is 1.36. The third-order valence-electron chi connectivity index (χ3n) is 3.59. The highest BCUT2D eigenvalue weighted by atomic mass is 35.5. The minimum Gasteiger partial charge on any atom is -0.449 e. The minimum atomic E-state index is -1.17. The van der Waals surface area contributed by atoms with E-state index in [9.17, 15) is 18.8 Å². The second kappa shape index (κ2) is 7.01. The molecule has 0 aliphatic rings. The second-order valence-electron chi connectivity index (χ2n) is 5.50. The molecule has 7 nitrogen and oxygen atoms in total.